The van der Waals surface area contributed by atoms with Gasteiger partial charge in [0.25, 0.3) is 0 Å². The van der Waals surface area contributed by atoms with Gasteiger partial charge in [0.1, 0.15) is 5.75 Å². The molecule has 1 heterocycles. The quantitative estimate of drug-likeness (QED) is 0.740. The maximum Gasteiger partial charge on any atom is 0.343 e. The fraction of sp³-hybridized carbons (Fsp3) is 0.143. The summed E-state index contributed by atoms with van der Waals surface area (Å²) in [6, 6.07) is 12.6. The fourth-order valence-corrected chi connectivity index (χ4v) is 1.65. The lowest BCUT2D eigenvalue weighted by Crippen LogP contribution is -2.14. The van der Waals surface area contributed by atoms with Crippen LogP contribution in [0.5, 0.6) is 5.75 Å². The number of benzene rings is 1. The average molecular weight is 228 g/mol. The predicted octanol–water partition coefficient (Wildman–Crippen LogP) is 2.34. The highest BCUT2D eigenvalue weighted by molar-refractivity contribution is 5.90. The molecular formula is C14H14NO2+. The van der Waals surface area contributed by atoms with Crippen LogP contribution in [0.1, 0.15) is 21.7 Å². The Labute approximate surface area is 100 Å². The molecule has 0 saturated heterocycles. The second-order valence-electron chi connectivity index (χ2n) is 3.94. The topological polar surface area (TPSA) is 40.4 Å². The molecule has 0 saturated carbocycles. The molecule has 0 bridgehead atoms. The van der Waals surface area contributed by atoms with Crippen molar-refractivity contribution in [1.82, 2.24) is 0 Å². The van der Waals surface area contributed by atoms with Crippen molar-refractivity contribution in [2.24, 2.45) is 0 Å². The summed E-state index contributed by atoms with van der Waals surface area (Å²) in [5.41, 5.74) is 2.47. The third kappa shape index (κ3) is 2.91. The number of aryl methyl sites for hydroxylation is 2. The molecule has 2 rings (SSSR count). The first kappa shape index (κ1) is 11.3. The van der Waals surface area contributed by atoms with Crippen LogP contribution < -0.4 is 9.72 Å². The van der Waals surface area contributed by atoms with E-state index in [0.717, 1.165) is 11.4 Å². The van der Waals surface area contributed by atoms with Crippen LogP contribution in [0.3, 0.4) is 0 Å². The molecular weight excluding hydrogens is 214 g/mol. The fourth-order valence-electron chi connectivity index (χ4n) is 1.65. The van der Waals surface area contributed by atoms with Gasteiger partial charge >= 0.3 is 5.97 Å². The van der Waals surface area contributed by atoms with Gasteiger partial charge in [-0.25, -0.2) is 9.78 Å². The molecule has 17 heavy (non-hydrogen) atoms. The van der Waals surface area contributed by atoms with Gasteiger partial charge in [0.15, 0.2) is 11.4 Å². The highest BCUT2D eigenvalue weighted by Gasteiger charge is 2.10. The first-order chi connectivity index (χ1) is 8.15. The molecule has 0 spiro atoms. The highest BCUT2D eigenvalue weighted by Crippen LogP contribution is 2.13. The summed E-state index contributed by atoms with van der Waals surface area (Å²) in [5, 5.41) is 0. The minimum atomic E-state index is -0.337. The number of hydrogen-bond donors (Lipinski definition) is 0. The van der Waals surface area contributed by atoms with E-state index in [9.17, 15) is 4.79 Å². The summed E-state index contributed by atoms with van der Waals surface area (Å²) in [5.74, 6) is 0.225. The van der Waals surface area contributed by atoms with Crippen LogP contribution in [0.4, 0.5) is 0 Å². The number of carbonyl (C=O) groups is 1. The van der Waals surface area contributed by atoms with Crippen LogP contribution in [0.25, 0.3) is 0 Å². The standard InChI is InChI=1S/C14H13NO2/c1-10-8-13(9-11(2)15-10)17-14(16)12-6-4-3-5-7-12/h3-9H,1-2H3/p+1. The van der Waals surface area contributed by atoms with E-state index in [1.54, 1.807) is 24.3 Å². The molecule has 0 fully saturated rings. The van der Waals surface area contributed by atoms with Crippen LogP contribution >= 0.6 is 0 Å². The Balaban J connectivity index is 2.19. The molecule has 2 aromatic rings. The van der Waals surface area contributed by atoms with Gasteiger partial charge in [0, 0.05) is 26.0 Å². The van der Waals surface area contributed by atoms with Gasteiger partial charge in [-0.1, -0.05) is 18.2 Å². The molecule has 1 aromatic carbocycles. The zero-order valence-electron chi connectivity index (χ0n) is 9.86. The Morgan fingerprint density at radius 3 is 2.24 bits per heavy atom. The van der Waals surface area contributed by atoms with Gasteiger partial charge in [-0.05, 0) is 12.1 Å². The van der Waals surface area contributed by atoms with Crippen LogP contribution in [-0.2, 0) is 0 Å². The lowest BCUT2D eigenvalue weighted by atomic mass is 10.2. The minimum Gasteiger partial charge on any atom is -0.422 e. The van der Waals surface area contributed by atoms with E-state index in [4.69, 9.17) is 4.74 Å². The summed E-state index contributed by atoms with van der Waals surface area (Å²) in [6.45, 7) is 3.85. The largest absolute Gasteiger partial charge is 0.422 e. The van der Waals surface area contributed by atoms with E-state index in [-0.39, 0.29) is 5.97 Å². The van der Waals surface area contributed by atoms with Gasteiger partial charge in [0.2, 0.25) is 0 Å². The normalized spacial score (nSPS) is 10.0. The Kier molecular flexibility index (Phi) is 3.19. The molecule has 86 valence electrons. The summed E-state index contributed by atoms with van der Waals surface area (Å²) in [4.78, 5) is 14.9. The summed E-state index contributed by atoms with van der Waals surface area (Å²) >= 11 is 0. The Bertz CT molecular complexity index is 515. The monoisotopic (exact) mass is 228 g/mol. The number of nitrogens with one attached hydrogen (secondary N) is 1. The molecule has 0 aliphatic rings. The molecule has 3 heteroatoms. The molecule has 0 amide bonds. The van der Waals surface area contributed by atoms with Crippen molar-refractivity contribution >= 4 is 5.97 Å². The van der Waals surface area contributed by atoms with Gasteiger partial charge in [0.05, 0.1) is 5.56 Å². The third-order valence-corrected chi connectivity index (χ3v) is 2.33. The number of hydrogen-bond acceptors (Lipinski definition) is 2. The molecule has 3 nitrogen and oxygen atoms in total. The number of aromatic nitrogens is 1. The van der Waals surface area contributed by atoms with Crippen LogP contribution in [0.2, 0.25) is 0 Å². The van der Waals surface area contributed by atoms with Crippen molar-refractivity contribution in [1.29, 1.82) is 0 Å². The molecule has 0 radical (unpaired) electrons. The SMILES string of the molecule is Cc1cc(OC(=O)c2ccccc2)cc(C)[nH+]1. The summed E-state index contributed by atoms with van der Waals surface area (Å²) in [6.07, 6.45) is 0. The number of carbonyl (C=O) groups excluding carboxylic acids is 1. The molecule has 0 atom stereocenters. The first-order valence-electron chi connectivity index (χ1n) is 5.43. The number of pyridine rings is 1. The predicted molar refractivity (Wildman–Crippen MR) is 63.9 cm³/mol. The van der Waals surface area contributed by atoms with Crippen molar-refractivity contribution in [2.75, 3.05) is 0 Å². The number of H-pyrrole nitrogens is 1. The van der Waals surface area contributed by atoms with Crippen molar-refractivity contribution in [3.05, 3.63) is 59.4 Å². The van der Waals surface area contributed by atoms with Crippen molar-refractivity contribution in [2.45, 2.75) is 13.8 Å². The van der Waals surface area contributed by atoms with E-state index in [0.29, 0.717) is 11.3 Å². The van der Waals surface area contributed by atoms with E-state index in [2.05, 4.69) is 4.98 Å². The van der Waals surface area contributed by atoms with Gasteiger partial charge in [-0.2, -0.15) is 0 Å². The Morgan fingerprint density at radius 1 is 1.06 bits per heavy atom. The Morgan fingerprint density at radius 2 is 1.65 bits per heavy atom. The minimum absolute atomic E-state index is 0.337. The van der Waals surface area contributed by atoms with Crippen LogP contribution in [0.15, 0.2) is 42.5 Å². The lowest BCUT2D eigenvalue weighted by Gasteiger charge is -2.03. The molecule has 0 aliphatic heterocycles. The van der Waals surface area contributed by atoms with Gasteiger partial charge < -0.3 is 4.74 Å². The second kappa shape index (κ2) is 4.78. The molecule has 1 aromatic heterocycles. The maximum absolute atomic E-state index is 11.8. The first-order valence-corrected chi connectivity index (χ1v) is 5.43. The van der Waals surface area contributed by atoms with E-state index in [1.807, 2.05) is 32.0 Å². The Hall–Kier alpha value is -2.16. The van der Waals surface area contributed by atoms with E-state index in [1.165, 1.54) is 0 Å². The van der Waals surface area contributed by atoms with E-state index >= 15 is 0 Å². The average Bonchev–Trinajstić information content (AvgIpc) is 2.28. The molecule has 0 aliphatic carbocycles. The van der Waals surface area contributed by atoms with Crippen LogP contribution in [0, 0.1) is 13.8 Å². The van der Waals surface area contributed by atoms with E-state index < -0.39 is 0 Å². The number of ether oxygens (including phenoxy) is 1. The van der Waals surface area contributed by atoms with Gasteiger partial charge in [-0.3, -0.25) is 0 Å². The number of aromatic amines is 1. The number of rotatable bonds is 2. The summed E-state index contributed by atoms with van der Waals surface area (Å²) < 4.78 is 5.30. The summed E-state index contributed by atoms with van der Waals surface area (Å²) in [7, 11) is 0. The van der Waals surface area contributed by atoms with Crippen molar-refractivity contribution in [3.63, 3.8) is 0 Å². The zero-order valence-corrected chi connectivity index (χ0v) is 9.86. The smallest absolute Gasteiger partial charge is 0.343 e. The maximum atomic E-state index is 11.8. The van der Waals surface area contributed by atoms with Crippen LogP contribution in [-0.4, -0.2) is 5.97 Å². The molecule has 1 N–H and O–H groups in total. The zero-order chi connectivity index (χ0) is 12.3. The van der Waals surface area contributed by atoms with Gasteiger partial charge in [-0.15, -0.1) is 0 Å². The molecule has 0 unspecified atom stereocenters. The lowest BCUT2D eigenvalue weighted by molar-refractivity contribution is -0.396. The second-order valence-corrected chi connectivity index (χ2v) is 3.94. The number of esters is 1. The third-order valence-electron chi connectivity index (χ3n) is 2.33. The van der Waals surface area contributed by atoms with Crippen molar-refractivity contribution < 1.29 is 14.5 Å². The van der Waals surface area contributed by atoms with Crippen molar-refractivity contribution in [3.8, 4) is 5.75 Å². The highest BCUT2D eigenvalue weighted by atomic mass is 16.5.